The summed E-state index contributed by atoms with van der Waals surface area (Å²) >= 11 is 5.36. The first kappa shape index (κ1) is 16.7. The second-order valence-corrected chi connectivity index (χ2v) is 8.13. The van der Waals surface area contributed by atoms with Crippen LogP contribution >= 0.6 is 27.3 Å². The van der Waals surface area contributed by atoms with Crippen LogP contribution in [0.15, 0.2) is 40.2 Å². The van der Waals surface area contributed by atoms with Crippen LogP contribution in [0.25, 0.3) is 0 Å². The molecule has 0 radical (unpaired) electrons. The van der Waals surface area contributed by atoms with Gasteiger partial charge in [0.15, 0.2) is 0 Å². The molecule has 0 amide bonds. The minimum atomic E-state index is -0.182. The highest BCUT2D eigenvalue weighted by Crippen LogP contribution is 2.29. The van der Waals surface area contributed by atoms with E-state index in [-0.39, 0.29) is 11.4 Å². The fraction of sp³-hybridized carbons (Fsp3) is 0.412. The van der Waals surface area contributed by atoms with E-state index in [1.54, 1.807) is 23.5 Å². The number of halogens is 2. The van der Waals surface area contributed by atoms with Crippen molar-refractivity contribution >= 4 is 27.3 Å². The lowest BCUT2D eigenvalue weighted by atomic mass is 9.93. The summed E-state index contributed by atoms with van der Waals surface area (Å²) in [7, 11) is 0. The van der Waals surface area contributed by atoms with E-state index >= 15 is 0 Å². The van der Waals surface area contributed by atoms with Gasteiger partial charge < -0.3 is 5.32 Å². The normalized spacial score (nSPS) is 13.4. The van der Waals surface area contributed by atoms with E-state index in [9.17, 15) is 4.39 Å². The highest BCUT2D eigenvalue weighted by atomic mass is 79.9. The summed E-state index contributed by atoms with van der Waals surface area (Å²) in [6.45, 7) is 7.36. The molecule has 1 atom stereocenters. The van der Waals surface area contributed by atoms with Crippen molar-refractivity contribution in [2.75, 3.05) is 6.54 Å². The molecular weight excluding hydrogens is 349 g/mol. The number of hydrogen-bond donors (Lipinski definition) is 1. The molecule has 0 saturated carbocycles. The zero-order valence-electron chi connectivity index (χ0n) is 12.6. The van der Waals surface area contributed by atoms with Gasteiger partial charge in [0.05, 0.1) is 0 Å². The van der Waals surface area contributed by atoms with Crippen LogP contribution < -0.4 is 5.32 Å². The summed E-state index contributed by atoms with van der Waals surface area (Å²) in [5, 5.41) is 5.66. The van der Waals surface area contributed by atoms with Gasteiger partial charge in [-0.15, -0.1) is 11.3 Å². The summed E-state index contributed by atoms with van der Waals surface area (Å²) in [6, 6.07) is 8.96. The number of thiophene rings is 1. The van der Waals surface area contributed by atoms with Crippen LogP contribution in [0.5, 0.6) is 0 Å². The zero-order chi connectivity index (χ0) is 15.5. The van der Waals surface area contributed by atoms with Gasteiger partial charge in [0.1, 0.15) is 5.82 Å². The van der Waals surface area contributed by atoms with Crippen molar-refractivity contribution in [3.63, 3.8) is 0 Å². The van der Waals surface area contributed by atoms with Gasteiger partial charge in [-0.2, -0.15) is 0 Å². The average molecular weight is 370 g/mol. The maximum absolute atomic E-state index is 13.1. The third-order valence-corrected chi connectivity index (χ3v) is 5.29. The number of nitrogens with one attached hydrogen (secondary N) is 1. The van der Waals surface area contributed by atoms with Crippen molar-refractivity contribution in [1.82, 2.24) is 5.32 Å². The molecule has 114 valence electrons. The minimum absolute atomic E-state index is 0.0744. The molecular formula is C17H21BrFNS. The molecule has 1 aromatic heterocycles. The molecule has 0 aliphatic heterocycles. The van der Waals surface area contributed by atoms with Crippen LogP contribution in [-0.4, -0.2) is 12.1 Å². The molecule has 0 bridgehead atoms. The van der Waals surface area contributed by atoms with Crippen molar-refractivity contribution in [2.45, 2.75) is 38.6 Å². The van der Waals surface area contributed by atoms with Crippen LogP contribution in [-0.2, 0) is 6.42 Å². The van der Waals surface area contributed by atoms with Gasteiger partial charge >= 0.3 is 0 Å². The molecule has 0 aliphatic rings. The third kappa shape index (κ3) is 5.20. The third-order valence-electron chi connectivity index (χ3n) is 3.34. The van der Waals surface area contributed by atoms with E-state index in [0.717, 1.165) is 17.4 Å². The van der Waals surface area contributed by atoms with Crippen LogP contribution in [0.4, 0.5) is 4.39 Å². The highest BCUT2D eigenvalue weighted by Gasteiger charge is 2.18. The molecule has 1 unspecified atom stereocenters. The highest BCUT2D eigenvalue weighted by molar-refractivity contribution is 9.10. The molecule has 1 heterocycles. The Labute approximate surface area is 138 Å². The predicted molar refractivity (Wildman–Crippen MR) is 92.6 cm³/mol. The summed E-state index contributed by atoms with van der Waals surface area (Å²) in [6.07, 6.45) is 0.951. The molecule has 2 rings (SSSR count). The molecule has 4 heteroatoms. The summed E-state index contributed by atoms with van der Waals surface area (Å²) < 4.78 is 14.3. The Morgan fingerprint density at radius 3 is 2.38 bits per heavy atom. The van der Waals surface area contributed by atoms with E-state index in [1.165, 1.54) is 10.4 Å². The fourth-order valence-corrected chi connectivity index (χ4v) is 3.76. The van der Waals surface area contributed by atoms with Crippen LogP contribution in [0.3, 0.4) is 0 Å². The quantitative estimate of drug-likeness (QED) is 0.747. The second-order valence-electron chi connectivity index (χ2n) is 6.28. The minimum Gasteiger partial charge on any atom is -0.311 e. The maximum Gasteiger partial charge on any atom is 0.123 e. The lowest BCUT2D eigenvalue weighted by molar-refractivity contribution is 0.405. The monoisotopic (exact) mass is 369 g/mol. The lowest BCUT2D eigenvalue weighted by Gasteiger charge is -2.25. The lowest BCUT2D eigenvalue weighted by Crippen LogP contribution is -2.39. The molecule has 0 spiro atoms. The van der Waals surface area contributed by atoms with Gasteiger partial charge in [-0.3, -0.25) is 0 Å². The molecule has 0 aliphatic carbocycles. The van der Waals surface area contributed by atoms with Crippen LogP contribution in [0.1, 0.15) is 37.1 Å². The Kier molecular flexibility index (Phi) is 5.58. The predicted octanol–water partition coefficient (Wildman–Crippen LogP) is 5.36. The fourth-order valence-electron chi connectivity index (χ4n) is 2.17. The Hall–Kier alpha value is -0.710. The van der Waals surface area contributed by atoms with Gasteiger partial charge in [-0.05, 0) is 72.3 Å². The van der Waals surface area contributed by atoms with Gasteiger partial charge in [-0.25, -0.2) is 4.39 Å². The Balaban J connectivity index is 2.17. The summed E-state index contributed by atoms with van der Waals surface area (Å²) in [4.78, 5) is 1.33. The molecule has 21 heavy (non-hydrogen) atoms. The molecule has 0 saturated heterocycles. The SMILES string of the molecule is CC(C)(C)NCC(Cc1sccc1Br)c1ccc(F)cc1. The molecule has 1 aromatic carbocycles. The van der Waals surface area contributed by atoms with E-state index in [4.69, 9.17) is 0 Å². The van der Waals surface area contributed by atoms with Gasteiger partial charge in [-0.1, -0.05) is 12.1 Å². The first-order valence-corrected chi connectivity index (χ1v) is 8.75. The molecule has 2 aromatic rings. The smallest absolute Gasteiger partial charge is 0.123 e. The molecule has 1 nitrogen and oxygen atoms in total. The van der Waals surface area contributed by atoms with Gasteiger partial charge in [0, 0.05) is 27.4 Å². The topological polar surface area (TPSA) is 12.0 Å². The molecule has 1 N–H and O–H groups in total. The average Bonchev–Trinajstić information content (AvgIpc) is 2.80. The summed E-state index contributed by atoms with van der Waals surface area (Å²) in [5.41, 5.74) is 1.25. The second kappa shape index (κ2) is 7.03. The zero-order valence-corrected chi connectivity index (χ0v) is 15.0. The Bertz CT molecular complexity index is 571. The number of benzene rings is 1. The maximum atomic E-state index is 13.1. The first-order valence-electron chi connectivity index (χ1n) is 7.07. The van der Waals surface area contributed by atoms with Crippen LogP contribution in [0, 0.1) is 5.82 Å². The van der Waals surface area contributed by atoms with Crippen LogP contribution in [0.2, 0.25) is 0 Å². The largest absolute Gasteiger partial charge is 0.311 e. The van der Waals surface area contributed by atoms with E-state index in [0.29, 0.717) is 5.92 Å². The molecule has 0 fully saturated rings. The van der Waals surface area contributed by atoms with Crippen molar-refractivity contribution < 1.29 is 4.39 Å². The van der Waals surface area contributed by atoms with E-state index in [2.05, 4.69) is 53.5 Å². The first-order chi connectivity index (χ1) is 9.85. The van der Waals surface area contributed by atoms with Crippen molar-refractivity contribution in [3.05, 3.63) is 56.4 Å². The Morgan fingerprint density at radius 1 is 1.19 bits per heavy atom. The van der Waals surface area contributed by atoms with Gasteiger partial charge in [0.25, 0.3) is 0 Å². The number of hydrogen-bond acceptors (Lipinski definition) is 2. The van der Waals surface area contributed by atoms with Crippen molar-refractivity contribution in [1.29, 1.82) is 0 Å². The van der Waals surface area contributed by atoms with Gasteiger partial charge in [0.2, 0.25) is 0 Å². The summed E-state index contributed by atoms with van der Waals surface area (Å²) in [5.74, 6) is 0.151. The van der Waals surface area contributed by atoms with E-state index in [1.807, 2.05) is 12.1 Å². The van der Waals surface area contributed by atoms with Crippen molar-refractivity contribution in [2.24, 2.45) is 0 Å². The standard InChI is InChI=1S/C17H21BrFNS/c1-17(2,3)20-11-13(10-16-15(18)8-9-21-16)12-4-6-14(19)7-5-12/h4-9,13,20H,10-11H2,1-3H3. The van der Waals surface area contributed by atoms with E-state index < -0.39 is 0 Å². The Morgan fingerprint density at radius 2 is 1.86 bits per heavy atom. The van der Waals surface area contributed by atoms with Crippen molar-refractivity contribution in [3.8, 4) is 0 Å². The number of rotatable bonds is 5.